The van der Waals surface area contributed by atoms with E-state index < -0.39 is 10.0 Å². The van der Waals surface area contributed by atoms with Crippen molar-refractivity contribution in [3.05, 3.63) is 14.7 Å². The van der Waals surface area contributed by atoms with Crippen molar-refractivity contribution >= 4 is 37.3 Å². The first-order valence-electron chi connectivity index (χ1n) is 6.32. The standard InChI is InChI=1S/C12H22BrN3O2S2/c1-8(2)10(7-16(3)4)15-20(17,18)11-5-9(6-14)19-12(11)13/h5,8,10,15H,6-7,14H2,1-4H3. The minimum absolute atomic E-state index is 0.136. The van der Waals surface area contributed by atoms with Gasteiger partial charge >= 0.3 is 0 Å². The summed E-state index contributed by atoms with van der Waals surface area (Å²) >= 11 is 4.66. The Morgan fingerprint density at radius 1 is 1.45 bits per heavy atom. The second kappa shape index (κ2) is 7.33. The lowest BCUT2D eigenvalue weighted by molar-refractivity contribution is 0.314. The topological polar surface area (TPSA) is 75.4 Å². The largest absolute Gasteiger partial charge is 0.326 e. The Kier molecular flexibility index (Phi) is 6.62. The lowest BCUT2D eigenvalue weighted by atomic mass is 10.1. The predicted octanol–water partition coefficient (Wildman–Crippen LogP) is 1.83. The van der Waals surface area contributed by atoms with Gasteiger partial charge in [-0.15, -0.1) is 11.3 Å². The van der Waals surface area contributed by atoms with Crippen LogP contribution in [0.5, 0.6) is 0 Å². The quantitative estimate of drug-likeness (QED) is 0.752. The van der Waals surface area contributed by atoms with Crippen molar-refractivity contribution in [2.24, 2.45) is 11.7 Å². The molecule has 1 aromatic rings. The Labute approximate surface area is 133 Å². The van der Waals surface area contributed by atoms with Crippen LogP contribution in [0.4, 0.5) is 0 Å². The highest BCUT2D eigenvalue weighted by Crippen LogP contribution is 2.31. The Bertz CT molecular complexity index is 541. The molecule has 116 valence electrons. The second-order valence-electron chi connectivity index (χ2n) is 5.29. The molecule has 0 aromatic carbocycles. The summed E-state index contributed by atoms with van der Waals surface area (Å²) in [6, 6.07) is 1.49. The number of rotatable bonds is 7. The number of nitrogens with one attached hydrogen (secondary N) is 1. The van der Waals surface area contributed by atoms with Gasteiger partial charge in [0.25, 0.3) is 0 Å². The van der Waals surface area contributed by atoms with E-state index in [1.54, 1.807) is 6.07 Å². The fourth-order valence-electron chi connectivity index (χ4n) is 1.72. The van der Waals surface area contributed by atoms with E-state index >= 15 is 0 Å². The third-order valence-corrected chi connectivity index (χ3v) is 6.63. The molecule has 3 N–H and O–H groups in total. The van der Waals surface area contributed by atoms with Crippen LogP contribution in [0.3, 0.4) is 0 Å². The van der Waals surface area contributed by atoms with Crippen molar-refractivity contribution in [1.29, 1.82) is 0 Å². The molecule has 1 unspecified atom stereocenters. The van der Waals surface area contributed by atoms with E-state index in [2.05, 4.69) is 20.7 Å². The highest BCUT2D eigenvalue weighted by molar-refractivity contribution is 9.11. The molecule has 0 aliphatic rings. The molecule has 20 heavy (non-hydrogen) atoms. The molecule has 5 nitrogen and oxygen atoms in total. The molecular weight excluding hydrogens is 362 g/mol. The maximum absolute atomic E-state index is 12.5. The number of halogens is 1. The van der Waals surface area contributed by atoms with Crippen molar-refractivity contribution < 1.29 is 8.42 Å². The number of hydrogen-bond acceptors (Lipinski definition) is 5. The zero-order valence-corrected chi connectivity index (χ0v) is 15.4. The average Bonchev–Trinajstić information content (AvgIpc) is 2.69. The molecular formula is C12H22BrN3O2S2. The third kappa shape index (κ3) is 4.78. The summed E-state index contributed by atoms with van der Waals surface area (Å²) in [5, 5.41) is 0. The molecule has 1 aromatic heterocycles. The number of sulfonamides is 1. The van der Waals surface area contributed by atoms with Crippen LogP contribution in [0.1, 0.15) is 18.7 Å². The first-order valence-corrected chi connectivity index (χ1v) is 9.42. The summed E-state index contributed by atoms with van der Waals surface area (Å²) in [5.74, 6) is 0.207. The predicted molar refractivity (Wildman–Crippen MR) is 87.4 cm³/mol. The normalized spacial score (nSPS) is 14.2. The summed E-state index contributed by atoms with van der Waals surface area (Å²) in [6.07, 6.45) is 0. The Morgan fingerprint density at radius 3 is 2.45 bits per heavy atom. The number of nitrogens with two attached hydrogens (primary N) is 1. The number of likely N-dealkylation sites (N-methyl/N-ethyl adjacent to an activating group) is 1. The minimum Gasteiger partial charge on any atom is -0.326 e. The molecule has 1 atom stereocenters. The molecule has 0 bridgehead atoms. The van der Waals surface area contributed by atoms with Crippen LogP contribution in [0, 0.1) is 5.92 Å². The van der Waals surface area contributed by atoms with E-state index in [0.717, 1.165) is 4.88 Å². The average molecular weight is 384 g/mol. The fraction of sp³-hybridized carbons (Fsp3) is 0.667. The smallest absolute Gasteiger partial charge is 0.242 e. The SMILES string of the molecule is CC(C)C(CN(C)C)NS(=O)(=O)c1cc(CN)sc1Br. The van der Waals surface area contributed by atoms with Gasteiger partial charge in [0.2, 0.25) is 10.0 Å². The van der Waals surface area contributed by atoms with Gasteiger partial charge in [-0.05, 0) is 42.0 Å². The number of hydrogen-bond donors (Lipinski definition) is 2. The zero-order chi connectivity index (χ0) is 15.5. The maximum atomic E-state index is 12.5. The van der Waals surface area contributed by atoms with Crippen LogP contribution in [0.2, 0.25) is 0 Å². The lowest BCUT2D eigenvalue weighted by Crippen LogP contribution is -2.44. The van der Waals surface area contributed by atoms with Gasteiger partial charge < -0.3 is 10.6 Å². The first-order chi connectivity index (χ1) is 9.17. The molecule has 0 radical (unpaired) electrons. The van der Waals surface area contributed by atoms with Gasteiger partial charge in [-0.3, -0.25) is 0 Å². The van der Waals surface area contributed by atoms with Gasteiger partial charge in [0, 0.05) is 24.0 Å². The van der Waals surface area contributed by atoms with Gasteiger partial charge in [-0.1, -0.05) is 13.8 Å². The maximum Gasteiger partial charge on any atom is 0.242 e. The van der Waals surface area contributed by atoms with Crippen LogP contribution in [0.15, 0.2) is 14.7 Å². The lowest BCUT2D eigenvalue weighted by Gasteiger charge is -2.25. The summed E-state index contributed by atoms with van der Waals surface area (Å²) in [5.41, 5.74) is 5.56. The third-order valence-electron chi connectivity index (χ3n) is 2.87. The van der Waals surface area contributed by atoms with E-state index in [1.165, 1.54) is 11.3 Å². The zero-order valence-electron chi connectivity index (χ0n) is 12.2. The Morgan fingerprint density at radius 2 is 2.05 bits per heavy atom. The van der Waals surface area contributed by atoms with Gasteiger partial charge in [0.1, 0.15) is 4.90 Å². The summed E-state index contributed by atoms with van der Waals surface area (Å²) < 4.78 is 28.3. The van der Waals surface area contributed by atoms with E-state index in [0.29, 0.717) is 16.9 Å². The molecule has 0 spiro atoms. The van der Waals surface area contributed by atoms with Crippen LogP contribution in [-0.2, 0) is 16.6 Å². The minimum atomic E-state index is -3.54. The van der Waals surface area contributed by atoms with E-state index in [4.69, 9.17) is 5.73 Å². The van der Waals surface area contributed by atoms with Gasteiger partial charge in [0.15, 0.2) is 0 Å². The van der Waals surface area contributed by atoms with Crippen LogP contribution in [-0.4, -0.2) is 40.0 Å². The molecule has 1 rings (SSSR count). The molecule has 0 fully saturated rings. The molecule has 0 saturated heterocycles. The Hall–Kier alpha value is 0.01000. The van der Waals surface area contributed by atoms with Crippen LogP contribution in [0.25, 0.3) is 0 Å². The van der Waals surface area contributed by atoms with Crippen molar-refractivity contribution in [2.75, 3.05) is 20.6 Å². The van der Waals surface area contributed by atoms with E-state index in [9.17, 15) is 8.42 Å². The van der Waals surface area contributed by atoms with Crippen molar-refractivity contribution in [1.82, 2.24) is 9.62 Å². The molecule has 1 heterocycles. The van der Waals surface area contributed by atoms with Gasteiger partial charge in [-0.25, -0.2) is 13.1 Å². The van der Waals surface area contributed by atoms with E-state index in [1.807, 2.05) is 32.8 Å². The van der Waals surface area contributed by atoms with E-state index in [-0.39, 0.29) is 16.9 Å². The van der Waals surface area contributed by atoms with Crippen LogP contribution >= 0.6 is 27.3 Å². The first kappa shape index (κ1) is 18.1. The van der Waals surface area contributed by atoms with Gasteiger partial charge in [0.05, 0.1) is 3.79 Å². The number of thiophene rings is 1. The fourth-order valence-corrected chi connectivity index (χ4v) is 5.66. The molecule has 8 heteroatoms. The molecule has 0 aliphatic heterocycles. The molecule has 0 saturated carbocycles. The molecule has 0 aliphatic carbocycles. The highest BCUT2D eigenvalue weighted by atomic mass is 79.9. The van der Waals surface area contributed by atoms with Crippen molar-refractivity contribution in [2.45, 2.75) is 31.3 Å². The number of nitrogens with zero attached hydrogens (tertiary/aromatic N) is 1. The monoisotopic (exact) mass is 383 g/mol. The Balaban J connectivity index is 3.00. The van der Waals surface area contributed by atoms with Gasteiger partial charge in [-0.2, -0.15) is 0 Å². The summed E-state index contributed by atoms with van der Waals surface area (Å²) in [7, 11) is 0.316. The van der Waals surface area contributed by atoms with Crippen molar-refractivity contribution in [3.63, 3.8) is 0 Å². The molecule has 0 amide bonds. The van der Waals surface area contributed by atoms with Crippen molar-refractivity contribution in [3.8, 4) is 0 Å². The van der Waals surface area contributed by atoms with Crippen LogP contribution < -0.4 is 10.5 Å². The summed E-state index contributed by atoms with van der Waals surface area (Å²) in [4.78, 5) is 3.08. The summed E-state index contributed by atoms with van der Waals surface area (Å²) in [6.45, 7) is 5.00. The second-order valence-corrected chi connectivity index (χ2v) is 9.43. The highest BCUT2D eigenvalue weighted by Gasteiger charge is 2.26.